The van der Waals surface area contributed by atoms with Crippen LogP contribution in [0.2, 0.25) is 0 Å². The predicted octanol–water partition coefficient (Wildman–Crippen LogP) is 1.17. The summed E-state index contributed by atoms with van der Waals surface area (Å²) >= 11 is 1.44. The molecule has 2 aromatic heterocycles. The lowest BCUT2D eigenvalue weighted by Crippen LogP contribution is -2.15. The van der Waals surface area contributed by atoms with E-state index in [-0.39, 0.29) is 10.8 Å². The molecule has 10 heteroatoms. The third-order valence-corrected chi connectivity index (χ3v) is 4.78. The Balaban J connectivity index is 1.90. The van der Waals surface area contributed by atoms with Gasteiger partial charge < -0.3 is 0 Å². The van der Waals surface area contributed by atoms with Crippen LogP contribution in [0.3, 0.4) is 0 Å². The molecule has 0 unspecified atom stereocenters. The van der Waals surface area contributed by atoms with Crippen LogP contribution in [0.4, 0.5) is 11.6 Å². The van der Waals surface area contributed by atoms with Crippen molar-refractivity contribution in [2.45, 2.75) is 4.90 Å². The maximum atomic E-state index is 12.2. The highest BCUT2D eigenvalue weighted by Gasteiger charge is 2.15. The molecule has 108 valence electrons. The van der Waals surface area contributed by atoms with E-state index in [1.807, 2.05) is 0 Å². The second-order valence-electron chi connectivity index (χ2n) is 4.03. The van der Waals surface area contributed by atoms with Crippen LogP contribution in [0, 0.1) is 0 Å². The van der Waals surface area contributed by atoms with Crippen LogP contribution in [0.25, 0.3) is 10.2 Å². The van der Waals surface area contributed by atoms with Crippen molar-refractivity contribution in [3.63, 3.8) is 0 Å². The minimum absolute atomic E-state index is 0.0501. The molecule has 4 N–H and O–H groups in total. The first-order chi connectivity index (χ1) is 10.1. The van der Waals surface area contributed by atoms with E-state index in [1.54, 1.807) is 23.7 Å². The number of nitrogens with one attached hydrogen (secondary N) is 2. The number of benzene rings is 1. The average molecular weight is 322 g/mol. The summed E-state index contributed by atoms with van der Waals surface area (Å²) in [5.41, 5.74) is 5.21. The second-order valence-corrected chi connectivity index (χ2v) is 6.60. The van der Waals surface area contributed by atoms with Crippen LogP contribution < -0.4 is 16.0 Å². The van der Waals surface area contributed by atoms with Gasteiger partial charge in [-0.15, -0.1) is 11.3 Å². The van der Waals surface area contributed by atoms with E-state index in [9.17, 15) is 8.42 Å². The first-order valence-corrected chi connectivity index (χ1v) is 8.09. The SMILES string of the molecule is NNc1ncc(S(=O)(=O)Nc2ccc3ncsc3c2)cn1. The Bertz CT molecular complexity index is 875. The number of aromatic nitrogens is 3. The smallest absolute Gasteiger partial charge is 0.264 e. The third kappa shape index (κ3) is 2.77. The molecule has 0 fully saturated rings. The number of fused-ring (bicyclic) bond motifs is 1. The molecule has 0 aliphatic carbocycles. The summed E-state index contributed by atoms with van der Waals surface area (Å²) in [4.78, 5) is 11.6. The number of nitrogen functional groups attached to an aromatic ring is 1. The van der Waals surface area contributed by atoms with Crippen LogP contribution in [0.5, 0.6) is 0 Å². The molecule has 0 aliphatic heterocycles. The van der Waals surface area contributed by atoms with Crippen molar-refractivity contribution in [1.82, 2.24) is 15.0 Å². The normalized spacial score (nSPS) is 11.5. The van der Waals surface area contributed by atoms with Crippen LogP contribution in [-0.4, -0.2) is 23.4 Å². The number of hydrogen-bond donors (Lipinski definition) is 3. The summed E-state index contributed by atoms with van der Waals surface area (Å²) in [5, 5.41) is 0. The van der Waals surface area contributed by atoms with Gasteiger partial charge in [-0.25, -0.2) is 29.2 Å². The quantitative estimate of drug-likeness (QED) is 0.486. The summed E-state index contributed by atoms with van der Waals surface area (Å²) in [6, 6.07) is 5.12. The highest BCUT2D eigenvalue weighted by Crippen LogP contribution is 2.23. The van der Waals surface area contributed by atoms with E-state index in [0.717, 1.165) is 10.2 Å². The minimum Gasteiger partial charge on any atom is -0.292 e. The predicted molar refractivity (Wildman–Crippen MR) is 80.3 cm³/mol. The van der Waals surface area contributed by atoms with Gasteiger partial charge in [-0.1, -0.05) is 0 Å². The fourth-order valence-electron chi connectivity index (χ4n) is 1.66. The van der Waals surface area contributed by atoms with Gasteiger partial charge in [-0.2, -0.15) is 0 Å². The van der Waals surface area contributed by atoms with Crippen LogP contribution in [-0.2, 0) is 10.0 Å². The summed E-state index contributed by atoms with van der Waals surface area (Å²) in [7, 11) is -3.75. The average Bonchev–Trinajstić information content (AvgIpc) is 2.94. The maximum Gasteiger partial charge on any atom is 0.264 e. The van der Waals surface area contributed by atoms with Gasteiger partial charge in [-0.3, -0.25) is 10.1 Å². The van der Waals surface area contributed by atoms with E-state index in [2.05, 4.69) is 25.1 Å². The van der Waals surface area contributed by atoms with Gasteiger partial charge in [0, 0.05) is 0 Å². The molecule has 0 amide bonds. The van der Waals surface area contributed by atoms with Gasteiger partial charge in [0.15, 0.2) is 0 Å². The minimum atomic E-state index is -3.75. The van der Waals surface area contributed by atoms with Crippen molar-refractivity contribution < 1.29 is 8.42 Å². The summed E-state index contributed by atoms with van der Waals surface area (Å²) < 4.78 is 27.8. The molecule has 0 radical (unpaired) electrons. The van der Waals surface area contributed by atoms with Crippen LogP contribution in [0.15, 0.2) is 41.0 Å². The van der Waals surface area contributed by atoms with E-state index in [4.69, 9.17) is 5.84 Å². The number of rotatable bonds is 4. The Labute approximate surface area is 124 Å². The van der Waals surface area contributed by atoms with E-state index >= 15 is 0 Å². The number of anilines is 2. The Hall–Kier alpha value is -2.30. The summed E-state index contributed by atoms with van der Waals surface area (Å²) in [6.45, 7) is 0. The van der Waals surface area contributed by atoms with E-state index in [1.165, 1.54) is 23.7 Å². The van der Waals surface area contributed by atoms with Gasteiger partial charge in [0.2, 0.25) is 5.95 Å². The Morgan fingerprint density at radius 1 is 1.14 bits per heavy atom. The van der Waals surface area contributed by atoms with E-state index in [0.29, 0.717) is 5.69 Å². The highest BCUT2D eigenvalue weighted by molar-refractivity contribution is 7.92. The van der Waals surface area contributed by atoms with Crippen molar-refractivity contribution in [3.8, 4) is 0 Å². The number of hydrogen-bond acceptors (Lipinski definition) is 8. The standard InChI is InChI=1S/C11H10N6O2S2/c12-16-11-13-4-8(5-14-11)21(18,19)17-7-1-2-9-10(3-7)20-6-15-9/h1-6,17H,12H2,(H,13,14,16). The van der Waals surface area contributed by atoms with Crippen molar-refractivity contribution in [1.29, 1.82) is 0 Å². The molecule has 0 bridgehead atoms. The molecule has 1 aromatic carbocycles. The first kappa shape index (κ1) is 13.7. The molecule has 0 aliphatic rings. The van der Waals surface area contributed by atoms with E-state index < -0.39 is 10.0 Å². The number of hydrazine groups is 1. The van der Waals surface area contributed by atoms with Crippen LogP contribution in [0.1, 0.15) is 0 Å². The van der Waals surface area contributed by atoms with Crippen molar-refractivity contribution in [2.24, 2.45) is 5.84 Å². The fraction of sp³-hybridized carbons (Fsp3) is 0. The number of nitrogens with zero attached hydrogens (tertiary/aromatic N) is 3. The van der Waals surface area contributed by atoms with Gasteiger partial charge in [0.25, 0.3) is 10.0 Å². The van der Waals surface area contributed by atoms with Gasteiger partial charge >= 0.3 is 0 Å². The van der Waals surface area contributed by atoms with Gasteiger partial charge in [0.1, 0.15) is 4.90 Å². The molecular weight excluding hydrogens is 312 g/mol. The maximum absolute atomic E-state index is 12.2. The Morgan fingerprint density at radius 3 is 2.62 bits per heavy atom. The molecule has 0 saturated heterocycles. The molecule has 8 nitrogen and oxygen atoms in total. The van der Waals surface area contributed by atoms with Crippen LogP contribution >= 0.6 is 11.3 Å². The van der Waals surface area contributed by atoms with Crippen molar-refractivity contribution in [2.75, 3.05) is 10.1 Å². The largest absolute Gasteiger partial charge is 0.292 e. The lowest BCUT2D eigenvalue weighted by atomic mass is 10.3. The zero-order chi connectivity index (χ0) is 14.9. The lowest BCUT2D eigenvalue weighted by Gasteiger charge is -2.07. The first-order valence-electron chi connectivity index (χ1n) is 5.73. The zero-order valence-electron chi connectivity index (χ0n) is 10.5. The second kappa shape index (κ2) is 5.24. The molecule has 3 rings (SSSR count). The molecule has 0 saturated carbocycles. The summed E-state index contributed by atoms with van der Waals surface area (Å²) in [6.07, 6.45) is 2.35. The Morgan fingerprint density at radius 2 is 1.90 bits per heavy atom. The molecule has 2 heterocycles. The molecule has 21 heavy (non-hydrogen) atoms. The topological polar surface area (TPSA) is 123 Å². The number of nitrogens with two attached hydrogens (primary N) is 1. The number of sulfonamides is 1. The monoisotopic (exact) mass is 322 g/mol. The zero-order valence-corrected chi connectivity index (χ0v) is 12.1. The third-order valence-electron chi connectivity index (χ3n) is 2.65. The summed E-state index contributed by atoms with van der Waals surface area (Å²) in [5.74, 6) is 5.27. The molecular formula is C11H10N6O2S2. The van der Waals surface area contributed by atoms with Crippen molar-refractivity contribution >= 4 is 43.2 Å². The highest BCUT2D eigenvalue weighted by atomic mass is 32.2. The Kier molecular flexibility index (Phi) is 3.41. The molecule has 0 spiro atoms. The fourth-order valence-corrected chi connectivity index (χ4v) is 3.32. The molecule has 0 atom stereocenters. The molecule has 3 aromatic rings. The van der Waals surface area contributed by atoms with Gasteiger partial charge in [-0.05, 0) is 18.2 Å². The van der Waals surface area contributed by atoms with Crippen molar-refractivity contribution in [3.05, 3.63) is 36.1 Å². The van der Waals surface area contributed by atoms with Gasteiger partial charge in [0.05, 0.1) is 33.8 Å². The number of thiazole rings is 1. The lowest BCUT2D eigenvalue weighted by molar-refractivity contribution is 0.600.